The number of anilines is 1. The predicted molar refractivity (Wildman–Crippen MR) is 108 cm³/mol. The molecule has 0 spiro atoms. The van der Waals surface area contributed by atoms with Crippen LogP contribution in [0.3, 0.4) is 0 Å². The number of carboxylic acid groups (broad SMARTS) is 1. The molecule has 1 fully saturated rings. The predicted octanol–water partition coefficient (Wildman–Crippen LogP) is 2.72. The molecule has 0 atom stereocenters. The highest BCUT2D eigenvalue weighted by atomic mass is 16.5. The first kappa shape index (κ1) is 20.5. The van der Waals surface area contributed by atoms with Crippen molar-refractivity contribution in [3.05, 3.63) is 65.7 Å². The smallest absolute Gasteiger partial charge is 0.305 e. The standard InChI is InChI=1S/C22H24N2O5/c1-24(18-8-3-2-4-9-18)21(28)17-7-5-6-16(14-17)20(27)23-22(15-19(25)26)10-12-29-13-11-22/h2-9,14H,10-13,15H2,1H3,(H,23,27)(H,25,26). The van der Waals surface area contributed by atoms with Gasteiger partial charge in [-0.05, 0) is 43.2 Å². The van der Waals surface area contributed by atoms with Crippen LogP contribution in [0.1, 0.15) is 40.0 Å². The van der Waals surface area contributed by atoms with Crippen LogP contribution in [0, 0.1) is 0 Å². The molecule has 2 amide bonds. The number of aliphatic carboxylic acids is 1. The van der Waals surface area contributed by atoms with Gasteiger partial charge in [0.05, 0.1) is 12.0 Å². The Morgan fingerprint density at radius 3 is 2.34 bits per heavy atom. The molecular weight excluding hydrogens is 372 g/mol. The van der Waals surface area contributed by atoms with Gasteiger partial charge in [0.25, 0.3) is 11.8 Å². The van der Waals surface area contributed by atoms with Gasteiger partial charge in [0.15, 0.2) is 0 Å². The number of carbonyl (C=O) groups is 3. The molecular formula is C22H24N2O5. The van der Waals surface area contributed by atoms with E-state index in [4.69, 9.17) is 4.74 Å². The van der Waals surface area contributed by atoms with Crippen LogP contribution >= 0.6 is 0 Å². The number of para-hydroxylation sites is 1. The Balaban J connectivity index is 1.78. The van der Waals surface area contributed by atoms with Gasteiger partial charge in [-0.1, -0.05) is 24.3 Å². The topological polar surface area (TPSA) is 95.9 Å². The maximum atomic E-state index is 12.8. The lowest BCUT2D eigenvalue weighted by molar-refractivity contribution is -0.139. The van der Waals surface area contributed by atoms with Crippen molar-refractivity contribution < 1.29 is 24.2 Å². The van der Waals surface area contributed by atoms with E-state index in [1.54, 1.807) is 25.2 Å². The number of nitrogens with zero attached hydrogens (tertiary/aromatic N) is 1. The molecule has 0 aromatic heterocycles. The molecule has 0 radical (unpaired) electrons. The average molecular weight is 396 g/mol. The summed E-state index contributed by atoms with van der Waals surface area (Å²) in [5, 5.41) is 12.1. The number of hydrogen-bond donors (Lipinski definition) is 2. The fraction of sp³-hybridized carbons (Fsp3) is 0.318. The summed E-state index contributed by atoms with van der Waals surface area (Å²) in [5.41, 5.74) is 0.592. The molecule has 0 aliphatic carbocycles. The number of amides is 2. The number of carboxylic acids is 1. The number of benzene rings is 2. The maximum absolute atomic E-state index is 12.8. The second-order valence-corrected chi connectivity index (χ2v) is 7.20. The highest BCUT2D eigenvalue weighted by molar-refractivity contribution is 6.07. The van der Waals surface area contributed by atoms with E-state index in [1.165, 1.54) is 11.0 Å². The first-order valence-electron chi connectivity index (χ1n) is 9.45. The van der Waals surface area contributed by atoms with Crippen LogP contribution in [-0.2, 0) is 9.53 Å². The Bertz CT molecular complexity index is 891. The molecule has 1 heterocycles. The molecule has 7 nitrogen and oxygen atoms in total. The van der Waals surface area contributed by atoms with Crippen molar-refractivity contribution in [1.29, 1.82) is 0 Å². The minimum absolute atomic E-state index is 0.169. The van der Waals surface area contributed by atoms with Crippen molar-refractivity contribution in [3.8, 4) is 0 Å². The van der Waals surface area contributed by atoms with Crippen molar-refractivity contribution in [3.63, 3.8) is 0 Å². The summed E-state index contributed by atoms with van der Waals surface area (Å²) >= 11 is 0. The summed E-state index contributed by atoms with van der Waals surface area (Å²) < 4.78 is 5.32. The highest BCUT2D eigenvalue weighted by Crippen LogP contribution is 2.25. The van der Waals surface area contributed by atoms with Crippen LogP contribution < -0.4 is 10.2 Å². The van der Waals surface area contributed by atoms with Gasteiger partial charge < -0.3 is 20.1 Å². The Labute approximate surface area is 169 Å². The zero-order valence-corrected chi connectivity index (χ0v) is 16.3. The third-order valence-electron chi connectivity index (χ3n) is 5.14. The van der Waals surface area contributed by atoms with Crippen LogP contribution in [0.15, 0.2) is 54.6 Å². The fourth-order valence-corrected chi connectivity index (χ4v) is 3.47. The molecule has 0 saturated carbocycles. The highest BCUT2D eigenvalue weighted by Gasteiger charge is 2.36. The van der Waals surface area contributed by atoms with Crippen LogP contribution in [0.25, 0.3) is 0 Å². The average Bonchev–Trinajstić information content (AvgIpc) is 2.73. The van der Waals surface area contributed by atoms with Crippen molar-refractivity contribution >= 4 is 23.5 Å². The van der Waals surface area contributed by atoms with E-state index in [-0.39, 0.29) is 12.3 Å². The third kappa shape index (κ3) is 5.00. The number of hydrogen-bond acceptors (Lipinski definition) is 4. The van der Waals surface area contributed by atoms with E-state index in [0.717, 1.165) is 5.69 Å². The van der Waals surface area contributed by atoms with Crippen molar-refractivity contribution in [2.24, 2.45) is 0 Å². The Morgan fingerprint density at radius 2 is 1.69 bits per heavy atom. The molecule has 7 heteroatoms. The summed E-state index contributed by atoms with van der Waals surface area (Å²) in [4.78, 5) is 38.5. The van der Waals surface area contributed by atoms with Gasteiger partial charge in [0, 0.05) is 37.1 Å². The molecule has 2 aromatic rings. The number of rotatable bonds is 6. The Morgan fingerprint density at radius 1 is 1.03 bits per heavy atom. The van der Waals surface area contributed by atoms with Crippen molar-refractivity contribution in [1.82, 2.24) is 5.32 Å². The summed E-state index contributed by atoms with van der Waals surface area (Å²) in [7, 11) is 1.67. The summed E-state index contributed by atoms with van der Waals surface area (Å²) in [6, 6.07) is 15.7. The SMILES string of the molecule is CN(C(=O)c1cccc(C(=O)NC2(CC(=O)O)CCOCC2)c1)c1ccccc1. The van der Waals surface area contributed by atoms with E-state index in [9.17, 15) is 19.5 Å². The monoisotopic (exact) mass is 396 g/mol. The summed E-state index contributed by atoms with van der Waals surface area (Å²) in [6.07, 6.45) is 0.693. The maximum Gasteiger partial charge on any atom is 0.305 e. The lowest BCUT2D eigenvalue weighted by Gasteiger charge is -2.36. The van der Waals surface area contributed by atoms with Crippen molar-refractivity contribution in [2.45, 2.75) is 24.8 Å². The quantitative estimate of drug-likeness (QED) is 0.783. The van der Waals surface area contributed by atoms with Gasteiger partial charge in [-0.15, -0.1) is 0 Å². The van der Waals surface area contributed by atoms with Crippen molar-refractivity contribution in [2.75, 3.05) is 25.2 Å². The van der Waals surface area contributed by atoms with Gasteiger partial charge in [-0.3, -0.25) is 14.4 Å². The second kappa shape index (κ2) is 8.87. The molecule has 0 bridgehead atoms. The first-order valence-corrected chi connectivity index (χ1v) is 9.45. The van der Waals surface area contributed by atoms with Crippen LogP contribution in [0.5, 0.6) is 0 Å². The molecule has 1 saturated heterocycles. The van der Waals surface area contributed by atoms with E-state index in [1.807, 2.05) is 30.3 Å². The first-order chi connectivity index (χ1) is 13.9. The van der Waals surface area contributed by atoms with Gasteiger partial charge in [0.2, 0.25) is 0 Å². The number of ether oxygens (including phenoxy) is 1. The van der Waals surface area contributed by atoms with Crippen LogP contribution in [0.2, 0.25) is 0 Å². The summed E-state index contributed by atoms with van der Waals surface area (Å²) in [5.74, 6) is -1.61. The fourth-order valence-electron chi connectivity index (χ4n) is 3.47. The zero-order chi connectivity index (χ0) is 20.9. The molecule has 29 heavy (non-hydrogen) atoms. The zero-order valence-electron chi connectivity index (χ0n) is 16.3. The third-order valence-corrected chi connectivity index (χ3v) is 5.14. The van der Waals surface area contributed by atoms with E-state index in [2.05, 4.69) is 5.32 Å². The van der Waals surface area contributed by atoms with E-state index >= 15 is 0 Å². The minimum atomic E-state index is -0.972. The molecule has 2 aromatic carbocycles. The van der Waals surface area contributed by atoms with Gasteiger partial charge in [0.1, 0.15) is 0 Å². The molecule has 1 aliphatic heterocycles. The van der Waals surface area contributed by atoms with Crippen LogP contribution in [-0.4, -0.2) is 48.7 Å². The lowest BCUT2D eigenvalue weighted by atomic mass is 9.86. The number of nitrogens with one attached hydrogen (secondary N) is 1. The van der Waals surface area contributed by atoms with Crippen LogP contribution in [0.4, 0.5) is 5.69 Å². The molecule has 3 rings (SSSR count). The molecule has 152 valence electrons. The minimum Gasteiger partial charge on any atom is -0.481 e. The summed E-state index contributed by atoms with van der Waals surface area (Å²) in [6.45, 7) is 0.794. The Kier molecular flexibility index (Phi) is 6.29. The number of carbonyl (C=O) groups excluding carboxylic acids is 2. The van der Waals surface area contributed by atoms with Gasteiger partial charge in [-0.2, -0.15) is 0 Å². The molecule has 1 aliphatic rings. The largest absolute Gasteiger partial charge is 0.481 e. The van der Waals surface area contributed by atoms with Gasteiger partial charge in [-0.25, -0.2) is 0 Å². The lowest BCUT2D eigenvalue weighted by Crippen LogP contribution is -2.53. The normalized spacial score (nSPS) is 15.3. The van der Waals surface area contributed by atoms with E-state index < -0.39 is 17.4 Å². The second-order valence-electron chi connectivity index (χ2n) is 7.20. The van der Waals surface area contributed by atoms with E-state index in [0.29, 0.717) is 37.2 Å². The van der Waals surface area contributed by atoms with Gasteiger partial charge >= 0.3 is 5.97 Å². The molecule has 0 unspecified atom stereocenters. The molecule has 2 N–H and O–H groups in total. The Hall–Kier alpha value is -3.19.